The summed E-state index contributed by atoms with van der Waals surface area (Å²) in [5, 5.41) is 2.40. The Balaban J connectivity index is 2.36. The first-order valence-electron chi connectivity index (χ1n) is 6.94. The van der Waals surface area contributed by atoms with E-state index in [1.54, 1.807) is 0 Å². The molecule has 2 amide bonds. The van der Waals surface area contributed by atoms with Crippen molar-refractivity contribution < 1.29 is 9.59 Å². The van der Waals surface area contributed by atoms with Crippen LogP contribution in [0.2, 0.25) is 0 Å². The zero-order valence-corrected chi connectivity index (χ0v) is 11.9. The fourth-order valence-corrected chi connectivity index (χ4v) is 2.85. The van der Waals surface area contributed by atoms with Gasteiger partial charge in [-0.05, 0) is 18.9 Å². The van der Waals surface area contributed by atoms with Crippen molar-refractivity contribution in [3.63, 3.8) is 0 Å². The summed E-state index contributed by atoms with van der Waals surface area (Å²) in [6, 6.07) is 9.16. The maximum atomic E-state index is 12.0. The van der Waals surface area contributed by atoms with Gasteiger partial charge in [-0.2, -0.15) is 0 Å². The van der Waals surface area contributed by atoms with Gasteiger partial charge in [0.2, 0.25) is 11.8 Å². The lowest BCUT2D eigenvalue weighted by Gasteiger charge is -2.41. The molecule has 5 nitrogen and oxygen atoms in total. The Morgan fingerprint density at radius 1 is 1.35 bits per heavy atom. The van der Waals surface area contributed by atoms with Crippen LogP contribution in [0.1, 0.15) is 31.9 Å². The van der Waals surface area contributed by atoms with E-state index in [-0.39, 0.29) is 36.5 Å². The van der Waals surface area contributed by atoms with Gasteiger partial charge in [0.15, 0.2) is 0 Å². The van der Waals surface area contributed by atoms with Crippen LogP contribution >= 0.6 is 0 Å². The van der Waals surface area contributed by atoms with E-state index in [9.17, 15) is 9.59 Å². The molecule has 20 heavy (non-hydrogen) atoms. The van der Waals surface area contributed by atoms with Crippen LogP contribution in [0.15, 0.2) is 30.3 Å². The Morgan fingerprint density at radius 2 is 2.00 bits per heavy atom. The van der Waals surface area contributed by atoms with Crippen LogP contribution in [-0.2, 0) is 9.59 Å². The van der Waals surface area contributed by atoms with Gasteiger partial charge in [0.25, 0.3) is 0 Å². The van der Waals surface area contributed by atoms with E-state index in [2.05, 4.69) is 5.32 Å². The average Bonchev–Trinajstić information content (AvgIpc) is 2.39. The van der Waals surface area contributed by atoms with Gasteiger partial charge < -0.3 is 5.73 Å². The van der Waals surface area contributed by atoms with Gasteiger partial charge >= 0.3 is 0 Å². The van der Waals surface area contributed by atoms with E-state index < -0.39 is 0 Å². The molecule has 2 rings (SSSR count). The molecule has 3 N–H and O–H groups in total. The summed E-state index contributed by atoms with van der Waals surface area (Å²) < 4.78 is 0. The maximum Gasteiger partial charge on any atom is 0.243 e. The Hall–Kier alpha value is -1.72. The van der Waals surface area contributed by atoms with Gasteiger partial charge in [0.05, 0.1) is 18.6 Å². The Labute approximate surface area is 119 Å². The maximum absolute atomic E-state index is 12.0. The Bertz CT molecular complexity index is 487. The second-order valence-electron chi connectivity index (χ2n) is 5.22. The fraction of sp³-hybridized carbons (Fsp3) is 0.467. The monoisotopic (exact) mass is 275 g/mol. The van der Waals surface area contributed by atoms with E-state index in [1.165, 1.54) is 0 Å². The second kappa shape index (κ2) is 6.15. The molecule has 1 aliphatic rings. The first-order valence-corrected chi connectivity index (χ1v) is 6.94. The number of carbonyl (C=O) groups excluding carboxylic acids is 2. The Kier molecular flexibility index (Phi) is 4.52. The zero-order valence-electron chi connectivity index (χ0n) is 11.9. The molecule has 1 heterocycles. The summed E-state index contributed by atoms with van der Waals surface area (Å²) >= 11 is 0. The molecule has 0 spiro atoms. The van der Waals surface area contributed by atoms with E-state index in [1.807, 2.05) is 49.1 Å². The third kappa shape index (κ3) is 2.89. The highest BCUT2D eigenvalue weighted by Gasteiger charge is 2.38. The zero-order chi connectivity index (χ0) is 14.7. The normalized spacial score (nSPS) is 23.2. The van der Waals surface area contributed by atoms with Crippen molar-refractivity contribution in [3.05, 3.63) is 35.9 Å². The molecule has 0 bridgehead atoms. The number of benzene rings is 1. The smallest absolute Gasteiger partial charge is 0.243 e. The number of nitrogens with two attached hydrogens (primary N) is 1. The molecule has 3 atom stereocenters. The molecule has 3 unspecified atom stereocenters. The summed E-state index contributed by atoms with van der Waals surface area (Å²) in [5.74, 6) is -0.494. The van der Waals surface area contributed by atoms with E-state index in [0.717, 1.165) is 5.56 Å². The minimum Gasteiger partial charge on any atom is -0.326 e. The molecule has 1 aromatic carbocycles. The van der Waals surface area contributed by atoms with Crippen LogP contribution in [0.3, 0.4) is 0 Å². The molecule has 5 heteroatoms. The second-order valence-corrected chi connectivity index (χ2v) is 5.22. The minimum atomic E-state index is -0.316. The van der Waals surface area contributed by atoms with Gasteiger partial charge in [-0.3, -0.25) is 19.8 Å². The van der Waals surface area contributed by atoms with E-state index in [4.69, 9.17) is 5.73 Å². The summed E-state index contributed by atoms with van der Waals surface area (Å²) in [6.45, 7) is 4.04. The third-order valence-electron chi connectivity index (χ3n) is 3.67. The van der Waals surface area contributed by atoms with Crippen LogP contribution in [0.25, 0.3) is 0 Å². The summed E-state index contributed by atoms with van der Waals surface area (Å²) in [6.07, 6.45) is 0.648. The van der Waals surface area contributed by atoms with Crippen molar-refractivity contribution >= 4 is 11.8 Å². The van der Waals surface area contributed by atoms with Crippen molar-refractivity contribution in [1.29, 1.82) is 0 Å². The predicted octanol–water partition coefficient (Wildman–Crippen LogP) is 0.812. The number of rotatable bonds is 4. The summed E-state index contributed by atoms with van der Waals surface area (Å²) in [7, 11) is 0. The molecule has 1 aromatic rings. The molecular weight excluding hydrogens is 254 g/mol. The average molecular weight is 275 g/mol. The van der Waals surface area contributed by atoms with Crippen molar-refractivity contribution in [2.75, 3.05) is 6.54 Å². The summed E-state index contributed by atoms with van der Waals surface area (Å²) in [4.78, 5) is 25.6. The number of nitrogens with zero attached hydrogens (tertiary/aromatic N) is 1. The third-order valence-corrected chi connectivity index (χ3v) is 3.67. The van der Waals surface area contributed by atoms with Gasteiger partial charge in [0.1, 0.15) is 0 Å². The molecule has 0 saturated carbocycles. The molecule has 108 valence electrons. The number of piperazine rings is 1. The molecule has 0 aliphatic carbocycles. The van der Waals surface area contributed by atoms with Gasteiger partial charge in [-0.25, -0.2) is 0 Å². The molecule has 1 aliphatic heterocycles. The largest absolute Gasteiger partial charge is 0.326 e. The van der Waals surface area contributed by atoms with Crippen LogP contribution in [0.5, 0.6) is 0 Å². The van der Waals surface area contributed by atoms with Crippen LogP contribution in [0.4, 0.5) is 0 Å². The topological polar surface area (TPSA) is 75.4 Å². The minimum absolute atomic E-state index is 0.142. The predicted molar refractivity (Wildman–Crippen MR) is 76.8 cm³/mol. The van der Waals surface area contributed by atoms with Gasteiger partial charge in [-0.1, -0.05) is 37.3 Å². The lowest BCUT2D eigenvalue weighted by Crippen LogP contribution is -2.60. The molecule has 1 saturated heterocycles. The SMILES string of the molecule is CCC1C(=O)NC(=O)CN1C(c1ccccc1)C(C)N. The van der Waals surface area contributed by atoms with Crippen molar-refractivity contribution in [2.24, 2.45) is 5.73 Å². The highest BCUT2D eigenvalue weighted by Crippen LogP contribution is 2.27. The van der Waals surface area contributed by atoms with Crippen LogP contribution in [-0.4, -0.2) is 35.3 Å². The van der Waals surface area contributed by atoms with Crippen molar-refractivity contribution in [2.45, 2.75) is 38.4 Å². The van der Waals surface area contributed by atoms with E-state index in [0.29, 0.717) is 6.42 Å². The van der Waals surface area contributed by atoms with E-state index >= 15 is 0 Å². The quantitative estimate of drug-likeness (QED) is 0.797. The van der Waals surface area contributed by atoms with Gasteiger partial charge in [-0.15, -0.1) is 0 Å². The van der Waals surface area contributed by atoms with Crippen LogP contribution in [0, 0.1) is 0 Å². The lowest BCUT2D eigenvalue weighted by molar-refractivity contribution is -0.142. The molecule has 0 radical (unpaired) electrons. The Morgan fingerprint density at radius 3 is 2.55 bits per heavy atom. The standard InChI is InChI=1S/C15H21N3O2/c1-3-12-15(20)17-13(19)9-18(12)14(10(2)16)11-7-5-4-6-8-11/h4-8,10,12,14H,3,9,16H2,1-2H3,(H,17,19,20). The molecular formula is C15H21N3O2. The number of hydrogen-bond donors (Lipinski definition) is 2. The first-order chi connectivity index (χ1) is 9.54. The highest BCUT2D eigenvalue weighted by molar-refractivity contribution is 6.01. The van der Waals surface area contributed by atoms with Crippen LogP contribution < -0.4 is 11.1 Å². The molecule has 1 fully saturated rings. The number of imide groups is 1. The van der Waals surface area contributed by atoms with Crippen molar-refractivity contribution in [1.82, 2.24) is 10.2 Å². The number of carbonyl (C=O) groups is 2. The fourth-order valence-electron chi connectivity index (χ4n) is 2.85. The highest BCUT2D eigenvalue weighted by atomic mass is 16.2. The van der Waals surface area contributed by atoms with Crippen molar-refractivity contribution in [3.8, 4) is 0 Å². The number of amides is 2. The summed E-state index contributed by atoms with van der Waals surface area (Å²) in [5.41, 5.74) is 7.15. The first kappa shape index (κ1) is 14.7. The van der Waals surface area contributed by atoms with Gasteiger partial charge in [0, 0.05) is 6.04 Å². The number of nitrogens with one attached hydrogen (secondary N) is 1. The molecule has 0 aromatic heterocycles. The lowest BCUT2D eigenvalue weighted by atomic mass is 9.95. The number of hydrogen-bond acceptors (Lipinski definition) is 4.